The number of aromatic hydroxyl groups is 1. The number of fused-ring (bicyclic) bond motifs is 1. The number of aromatic nitrogens is 4. The number of methoxy groups -OCH3 is 1. The number of hydrogen-bond donors (Lipinski definition) is 3. The minimum absolute atomic E-state index is 0.0145. The predicted molar refractivity (Wildman–Crippen MR) is 153 cm³/mol. The van der Waals surface area contributed by atoms with E-state index in [9.17, 15) is 19.1 Å². The molecule has 10 nitrogen and oxygen atoms in total. The molecule has 1 fully saturated rings. The van der Waals surface area contributed by atoms with Crippen LogP contribution in [0.1, 0.15) is 44.9 Å². The number of aryl methyl sites for hydroxylation is 1. The highest BCUT2D eigenvalue weighted by Gasteiger charge is 2.49. The van der Waals surface area contributed by atoms with Crippen LogP contribution in [0.5, 0.6) is 11.6 Å². The van der Waals surface area contributed by atoms with Gasteiger partial charge < -0.3 is 20.5 Å². The van der Waals surface area contributed by atoms with Gasteiger partial charge in [-0.1, -0.05) is 0 Å². The highest BCUT2D eigenvalue weighted by Crippen LogP contribution is 2.45. The van der Waals surface area contributed by atoms with Crippen molar-refractivity contribution in [2.45, 2.75) is 25.3 Å². The molecule has 0 atom stereocenters. The number of hydrogen-bond acceptors (Lipinski definition) is 7. The molecule has 2 amide bonds. The fourth-order valence-electron chi connectivity index (χ4n) is 5.17. The van der Waals surface area contributed by atoms with Gasteiger partial charge >= 0.3 is 0 Å². The quantitative estimate of drug-likeness (QED) is 0.256. The van der Waals surface area contributed by atoms with Crippen molar-refractivity contribution in [3.8, 4) is 34.0 Å². The summed E-state index contributed by atoms with van der Waals surface area (Å²) in [4.78, 5) is 34.9. The fraction of sp³-hybridized carbons (Fsp3) is 0.194. The van der Waals surface area contributed by atoms with Crippen molar-refractivity contribution in [2.24, 2.45) is 0 Å². The molecule has 5 aromatic rings. The summed E-state index contributed by atoms with van der Waals surface area (Å²) in [5.74, 6) is -1.87. The number of ether oxygens (including phenoxy) is 1. The summed E-state index contributed by atoms with van der Waals surface area (Å²) in [5.41, 5.74) is 1.00. The Bertz CT molecular complexity index is 1920. The number of nitrogens with zero attached hydrogens (tertiary/aromatic N) is 4. The van der Waals surface area contributed by atoms with Crippen LogP contribution in [0.25, 0.3) is 27.9 Å². The van der Waals surface area contributed by atoms with Gasteiger partial charge in [0.05, 0.1) is 18.2 Å². The third-order valence-corrected chi connectivity index (χ3v) is 7.56. The van der Waals surface area contributed by atoms with Crippen LogP contribution in [-0.2, 0) is 5.54 Å². The van der Waals surface area contributed by atoms with Crippen LogP contribution in [0.15, 0.2) is 60.9 Å². The molecule has 12 heteroatoms. The van der Waals surface area contributed by atoms with Crippen molar-refractivity contribution < 1.29 is 28.2 Å². The van der Waals surface area contributed by atoms with Gasteiger partial charge in [0.25, 0.3) is 11.8 Å². The van der Waals surface area contributed by atoms with E-state index in [0.29, 0.717) is 35.4 Å². The summed E-state index contributed by atoms with van der Waals surface area (Å²) in [6.07, 6.45) is 4.09. The number of carbonyl (C=O) groups excluding carboxylic acids is 2. The molecule has 6 rings (SSSR count). The zero-order valence-corrected chi connectivity index (χ0v) is 23.4. The standard InChI is InChI=1S/C31H26F2N6O4/c1-16-14-22(43-3)21(28(41)37-31(10-11-31)30-35-12-8-23(40)36-30)15-20(16)19-9-13-39-27(25(19)33)24(29(42)34-2)26(38-39)17-4-6-18(32)7-5-17/h4-9,12-15H,10-11H2,1-3H3,(H,34,42)(H,37,41)(H,35,36,40). The van der Waals surface area contributed by atoms with E-state index in [2.05, 4.69) is 25.7 Å². The molecule has 3 N–H and O–H groups in total. The van der Waals surface area contributed by atoms with Crippen LogP contribution in [-0.4, -0.2) is 50.7 Å². The van der Waals surface area contributed by atoms with Gasteiger partial charge in [0.15, 0.2) is 11.6 Å². The lowest BCUT2D eigenvalue weighted by Crippen LogP contribution is -2.36. The average molecular weight is 585 g/mol. The maximum absolute atomic E-state index is 16.5. The van der Waals surface area contributed by atoms with Crippen molar-refractivity contribution in [1.82, 2.24) is 30.2 Å². The molecule has 0 unspecified atom stereocenters. The summed E-state index contributed by atoms with van der Waals surface area (Å²) in [5, 5.41) is 19.7. The van der Waals surface area contributed by atoms with Gasteiger partial charge in [-0.2, -0.15) is 10.1 Å². The second kappa shape index (κ2) is 10.5. The molecule has 0 saturated heterocycles. The molecule has 0 bridgehead atoms. The summed E-state index contributed by atoms with van der Waals surface area (Å²) < 4.78 is 36.8. The summed E-state index contributed by atoms with van der Waals surface area (Å²) in [6, 6.07) is 11.4. The normalized spacial score (nSPS) is 13.5. The van der Waals surface area contributed by atoms with Gasteiger partial charge in [0.2, 0.25) is 5.88 Å². The average Bonchev–Trinajstić information content (AvgIpc) is 3.68. The Hall–Kier alpha value is -5.39. The number of rotatable bonds is 7. The van der Waals surface area contributed by atoms with E-state index in [4.69, 9.17) is 4.74 Å². The number of nitrogens with one attached hydrogen (secondary N) is 2. The Morgan fingerprint density at radius 1 is 1.05 bits per heavy atom. The second-order valence-corrected chi connectivity index (χ2v) is 10.3. The van der Waals surface area contributed by atoms with E-state index in [0.717, 1.165) is 0 Å². The van der Waals surface area contributed by atoms with Gasteiger partial charge in [-0.15, -0.1) is 0 Å². The SMILES string of the molecule is CNC(=O)c1c(-c2ccc(F)cc2)nn2ccc(-c3cc(C(=O)NC4(c5nccc(O)n5)CC4)c(OC)cc3C)c(F)c12. The van der Waals surface area contributed by atoms with Crippen molar-refractivity contribution in [2.75, 3.05) is 14.2 Å². The fourth-order valence-corrected chi connectivity index (χ4v) is 5.17. The Morgan fingerprint density at radius 3 is 2.44 bits per heavy atom. The molecule has 43 heavy (non-hydrogen) atoms. The Kier molecular flexibility index (Phi) is 6.76. The maximum atomic E-state index is 16.5. The Balaban J connectivity index is 1.46. The van der Waals surface area contributed by atoms with Crippen molar-refractivity contribution in [1.29, 1.82) is 0 Å². The van der Waals surface area contributed by atoms with Gasteiger partial charge in [-0.05, 0) is 73.4 Å². The predicted octanol–water partition coefficient (Wildman–Crippen LogP) is 4.54. The van der Waals surface area contributed by atoms with E-state index in [-0.39, 0.29) is 39.5 Å². The van der Waals surface area contributed by atoms with E-state index in [1.807, 2.05) is 0 Å². The highest BCUT2D eigenvalue weighted by molar-refractivity contribution is 6.07. The topological polar surface area (TPSA) is 131 Å². The van der Waals surface area contributed by atoms with Crippen LogP contribution >= 0.6 is 0 Å². The third kappa shape index (κ3) is 4.80. The Morgan fingerprint density at radius 2 is 1.79 bits per heavy atom. The molecule has 0 aliphatic heterocycles. The Labute approximate surface area is 244 Å². The van der Waals surface area contributed by atoms with E-state index >= 15 is 4.39 Å². The number of carbonyl (C=O) groups is 2. The van der Waals surface area contributed by atoms with Gasteiger partial charge in [-0.3, -0.25) is 9.59 Å². The van der Waals surface area contributed by atoms with Gasteiger partial charge in [0.1, 0.15) is 28.3 Å². The van der Waals surface area contributed by atoms with Gasteiger partial charge in [-0.25, -0.2) is 18.3 Å². The molecule has 0 spiro atoms. The molecular weight excluding hydrogens is 558 g/mol. The number of pyridine rings is 1. The molecule has 1 saturated carbocycles. The minimum Gasteiger partial charge on any atom is -0.496 e. The first-order valence-corrected chi connectivity index (χ1v) is 13.4. The van der Waals surface area contributed by atoms with E-state index in [1.54, 1.807) is 13.0 Å². The number of benzene rings is 2. The lowest BCUT2D eigenvalue weighted by molar-refractivity contribution is 0.0923. The molecule has 218 valence electrons. The molecule has 3 heterocycles. The zero-order chi connectivity index (χ0) is 30.5. The lowest BCUT2D eigenvalue weighted by Gasteiger charge is -2.19. The lowest BCUT2D eigenvalue weighted by atomic mass is 9.96. The van der Waals surface area contributed by atoms with Crippen LogP contribution in [0.3, 0.4) is 0 Å². The van der Waals surface area contributed by atoms with E-state index < -0.39 is 29.0 Å². The van der Waals surface area contributed by atoms with Gasteiger partial charge in [0, 0.05) is 36.6 Å². The zero-order valence-electron chi connectivity index (χ0n) is 23.4. The van der Waals surface area contributed by atoms with Crippen molar-refractivity contribution >= 4 is 17.3 Å². The highest BCUT2D eigenvalue weighted by atomic mass is 19.1. The molecule has 3 aromatic heterocycles. The van der Waals surface area contributed by atoms with Crippen LogP contribution in [0.2, 0.25) is 0 Å². The number of amides is 2. The summed E-state index contributed by atoms with van der Waals surface area (Å²) in [7, 11) is 2.86. The first-order valence-electron chi connectivity index (χ1n) is 13.4. The summed E-state index contributed by atoms with van der Waals surface area (Å²) in [6.45, 7) is 1.76. The smallest absolute Gasteiger partial charge is 0.255 e. The molecule has 0 radical (unpaired) electrons. The third-order valence-electron chi connectivity index (χ3n) is 7.56. The maximum Gasteiger partial charge on any atom is 0.255 e. The first-order chi connectivity index (χ1) is 20.7. The monoisotopic (exact) mass is 584 g/mol. The second-order valence-electron chi connectivity index (χ2n) is 10.3. The number of halogens is 2. The molecular formula is C31H26F2N6O4. The molecule has 1 aliphatic rings. The van der Waals surface area contributed by atoms with Crippen LogP contribution < -0.4 is 15.4 Å². The minimum atomic E-state index is -0.840. The van der Waals surface area contributed by atoms with Crippen molar-refractivity contribution in [3.63, 3.8) is 0 Å². The molecule has 2 aromatic carbocycles. The van der Waals surface area contributed by atoms with E-state index in [1.165, 1.54) is 73.5 Å². The first kappa shape index (κ1) is 27.8. The largest absolute Gasteiger partial charge is 0.496 e. The molecule has 1 aliphatic carbocycles. The van der Waals surface area contributed by atoms with Crippen LogP contribution in [0.4, 0.5) is 8.78 Å². The summed E-state index contributed by atoms with van der Waals surface area (Å²) >= 11 is 0. The van der Waals surface area contributed by atoms with Crippen molar-refractivity contribution in [3.05, 3.63) is 95.1 Å². The van der Waals surface area contributed by atoms with Crippen LogP contribution in [0, 0.1) is 18.6 Å².